The molecule has 0 radical (unpaired) electrons. The number of hydrogen-bond acceptors (Lipinski definition) is 4. The lowest BCUT2D eigenvalue weighted by Crippen LogP contribution is -1.89. The van der Waals surface area contributed by atoms with E-state index in [2.05, 4.69) is 9.97 Å². The molecular formula is C9H10ClN3O4S. The van der Waals surface area contributed by atoms with E-state index < -0.39 is 10.4 Å². The van der Waals surface area contributed by atoms with Gasteiger partial charge in [0, 0.05) is 5.02 Å². The molecule has 5 N–H and O–H groups in total. The predicted molar refractivity (Wildman–Crippen MR) is 67.6 cm³/mol. The minimum absolute atomic E-state index is 0.421. The smallest absolute Gasteiger partial charge is 0.369 e. The maximum Gasteiger partial charge on any atom is 0.394 e. The van der Waals surface area contributed by atoms with Crippen molar-refractivity contribution in [3.63, 3.8) is 0 Å². The average molecular weight is 292 g/mol. The topological polar surface area (TPSA) is 129 Å². The zero-order valence-electron chi connectivity index (χ0n) is 8.91. The third-order valence-corrected chi connectivity index (χ3v) is 2.00. The van der Waals surface area contributed by atoms with Crippen LogP contribution in [0.25, 0.3) is 11.3 Å². The highest BCUT2D eigenvalue weighted by Gasteiger charge is 1.99. The van der Waals surface area contributed by atoms with Crippen molar-refractivity contribution in [3.05, 3.63) is 35.5 Å². The molecule has 1 heterocycles. The number of aromatic amines is 1. The molecule has 0 atom stereocenters. The van der Waals surface area contributed by atoms with Crippen molar-refractivity contribution in [1.82, 2.24) is 9.97 Å². The van der Waals surface area contributed by atoms with Crippen LogP contribution in [0.3, 0.4) is 0 Å². The molecule has 0 amide bonds. The van der Waals surface area contributed by atoms with Gasteiger partial charge in [0.1, 0.15) is 0 Å². The number of H-pyrrole nitrogens is 1. The van der Waals surface area contributed by atoms with Gasteiger partial charge in [-0.3, -0.25) is 9.11 Å². The lowest BCUT2D eigenvalue weighted by molar-refractivity contribution is 0.381. The summed E-state index contributed by atoms with van der Waals surface area (Å²) >= 11 is 5.75. The fourth-order valence-corrected chi connectivity index (χ4v) is 1.24. The standard InChI is InChI=1S/C9H8ClN3.H2O4S/c10-7-3-1-6(2-4-7)8-5-12-9(11)13-8;1-5(2,3)4/h1-5H,(H3,11,12,13);(H2,1,2,3,4). The van der Waals surface area contributed by atoms with E-state index in [1.165, 1.54) is 0 Å². The van der Waals surface area contributed by atoms with Gasteiger partial charge in [-0.25, -0.2) is 4.98 Å². The van der Waals surface area contributed by atoms with Gasteiger partial charge in [-0.1, -0.05) is 23.7 Å². The number of benzene rings is 1. The Morgan fingerprint density at radius 2 is 1.72 bits per heavy atom. The van der Waals surface area contributed by atoms with Crippen molar-refractivity contribution in [2.75, 3.05) is 5.73 Å². The fourth-order valence-electron chi connectivity index (χ4n) is 1.11. The van der Waals surface area contributed by atoms with Crippen LogP contribution in [0.2, 0.25) is 5.02 Å². The van der Waals surface area contributed by atoms with E-state index >= 15 is 0 Å². The normalized spacial score (nSPS) is 10.6. The molecule has 0 saturated heterocycles. The minimum Gasteiger partial charge on any atom is -0.369 e. The summed E-state index contributed by atoms with van der Waals surface area (Å²) in [5, 5.41) is 0.719. The Kier molecular flexibility index (Phi) is 4.68. The van der Waals surface area contributed by atoms with Gasteiger partial charge in [-0.2, -0.15) is 8.42 Å². The zero-order valence-corrected chi connectivity index (χ0v) is 10.5. The van der Waals surface area contributed by atoms with Gasteiger partial charge in [0.05, 0.1) is 11.9 Å². The number of nitrogens with one attached hydrogen (secondary N) is 1. The molecular weight excluding hydrogens is 282 g/mol. The highest BCUT2D eigenvalue weighted by Crippen LogP contribution is 2.19. The van der Waals surface area contributed by atoms with E-state index in [4.69, 9.17) is 34.9 Å². The van der Waals surface area contributed by atoms with Gasteiger partial charge in [-0.05, 0) is 17.7 Å². The number of halogens is 1. The van der Waals surface area contributed by atoms with E-state index in [0.717, 1.165) is 16.3 Å². The minimum atomic E-state index is -4.67. The molecule has 7 nitrogen and oxygen atoms in total. The summed E-state index contributed by atoms with van der Waals surface area (Å²) in [5.74, 6) is 0.421. The summed E-state index contributed by atoms with van der Waals surface area (Å²) in [6.07, 6.45) is 1.69. The second-order valence-corrected chi connectivity index (χ2v) is 4.47. The molecule has 0 aliphatic heterocycles. The first-order valence-electron chi connectivity index (χ1n) is 4.52. The second kappa shape index (κ2) is 5.83. The van der Waals surface area contributed by atoms with Crippen LogP contribution in [0.15, 0.2) is 30.5 Å². The summed E-state index contributed by atoms with van der Waals surface area (Å²) in [5.41, 5.74) is 7.37. The molecule has 0 bridgehead atoms. The number of nitrogens with two attached hydrogens (primary N) is 1. The summed E-state index contributed by atoms with van der Waals surface area (Å²) in [6, 6.07) is 7.48. The van der Waals surface area contributed by atoms with Crippen molar-refractivity contribution < 1.29 is 17.5 Å². The molecule has 1 aromatic carbocycles. The molecule has 9 heteroatoms. The van der Waals surface area contributed by atoms with E-state index in [0.29, 0.717) is 5.95 Å². The Morgan fingerprint density at radius 1 is 1.22 bits per heavy atom. The monoisotopic (exact) mass is 291 g/mol. The summed E-state index contributed by atoms with van der Waals surface area (Å²) in [6.45, 7) is 0. The van der Waals surface area contributed by atoms with Crippen molar-refractivity contribution in [2.24, 2.45) is 0 Å². The average Bonchev–Trinajstić information content (AvgIpc) is 2.63. The lowest BCUT2D eigenvalue weighted by atomic mass is 10.2. The molecule has 0 spiro atoms. The zero-order chi connectivity index (χ0) is 13.8. The molecule has 18 heavy (non-hydrogen) atoms. The van der Waals surface area contributed by atoms with Crippen molar-refractivity contribution >= 4 is 27.9 Å². The predicted octanol–water partition coefficient (Wildman–Crippen LogP) is 1.66. The van der Waals surface area contributed by atoms with Crippen LogP contribution in [0.5, 0.6) is 0 Å². The van der Waals surface area contributed by atoms with Crippen LogP contribution in [-0.2, 0) is 10.4 Å². The second-order valence-electron chi connectivity index (χ2n) is 3.14. The van der Waals surface area contributed by atoms with E-state index in [1.54, 1.807) is 6.20 Å². The van der Waals surface area contributed by atoms with Gasteiger partial charge in [-0.15, -0.1) is 0 Å². The van der Waals surface area contributed by atoms with Gasteiger partial charge >= 0.3 is 10.4 Å². The Bertz CT molecular complexity index is 601. The summed E-state index contributed by atoms with van der Waals surface area (Å²) < 4.78 is 31.6. The first kappa shape index (κ1) is 14.5. The van der Waals surface area contributed by atoms with E-state index in [1.807, 2.05) is 24.3 Å². The van der Waals surface area contributed by atoms with Crippen molar-refractivity contribution in [3.8, 4) is 11.3 Å². The van der Waals surface area contributed by atoms with Gasteiger partial charge in [0.2, 0.25) is 0 Å². The van der Waals surface area contributed by atoms with Gasteiger partial charge in [0.15, 0.2) is 5.95 Å². The number of nitrogens with zero attached hydrogens (tertiary/aromatic N) is 1. The van der Waals surface area contributed by atoms with Crippen LogP contribution < -0.4 is 5.73 Å². The first-order valence-corrected chi connectivity index (χ1v) is 6.29. The lowest BCUT2D eigenvalue weighted by Gasteiger charge is -1.96. The molecule has 0 fully saturated rings. The maximum atomic E-state index is 8.74. The molecule has 0 aliphatic rings. The molecule has 0 unspecified atom stereocenters. The van der Waals surface area contributed by atoms with Crippen LogP contribution in [0, 0.1) is 0 Å². The number of anilines is 1. The Labute approximate surface area is 108 Å². The molecule has 0 aliphatic carbocycles. The summed E-state index contributed by atoms with van der Waals surface area (Å²) in [7, 11) is -4.67. The quantitative estimate of drug-likeness (QED) is 0.591. The van der Waals surface area contributed by atoms with Gasteiger partial charge in [0.25, 0.3) is 0 Å². The van der Waals surface area contributed by atoms with Crippen LogP contribution in [0.4, 0.5) is 5.95 Å². The number of nitrogen functional groups attached to an aromatic ring is 1. The molecule has 1 aromatic heterocycles. The summed E-state index contributed by atoms with van der Waals surface area (Å²) in [4.78, 5) is 6.84. The fraction of sp³-hybridized carbons (Fsp3) is 0. The SMILES string of the molecule is Nc1ncc(-c2ccc(Cl)cc2)[nH]1.O=S(=O)(O)O. The third-order valence-electron chi connectivity index (χ3n) is 1.75. The highest BCUT2D eigenvalue weighted by molar-refractivity contribution is 7.79. The molecule has 2 rings (SSSR count). The number of rotatable bonds is 1. The Morgan fingerprint density at radius 3 is 2.11 bits per heavy atom. The number of hydrogen-bond donors (Lipinski definition) is 4. The number of imidazole rings is 1. The first-order chi connectivity index (χ1) is 8.25. The Hall–Kier alpha value is -1.61. The molecule has 0 saturated carbocycles. The van der Waals surface area contributed by atoms with Gasteiger partial charge < -0.3 is 10.7 Å². The molecule has 98 valence electrons. The highest BCUT2D eigenvalue weighted by atomic mass is 35.5. The Balaban J connectivity index is 0.000000280. The van der Waals surface area contributed by atoms with Crippen molar-refractivity contribution in [1.29, 1.82) is 0 Å². The van der Waals surface area contributed by atoms with Crippen LogP contribution in [-0.4, -0.2) is 27.5 Å². The van der Waals surface area contributed by atoms with E-state index in [9.17, 15) is 0 Å². The van der Waals surface area contributed by atoms with Crippen LogP contribution in [0.1, 0.15) is 0 Å². The van der Waals surface area contributed by atoms with E-state index in [-0.39, 0.29) is 0 Å². The largest absolute Gasteiger partial charge is 0.394 e. The number of aromatic nitrogens is 2. The maximum absolute atomic E-state index is 8.74. The molecule has 2 aromatic rings. The third kappa shape index (κ3) is 5.64. The van der Waals surface area contributed by atoms with Crippen LogP contribution >= 0.6 is 11.6 Å². The van der Waals surface area contributed by atoms with Crippen molar-refractivity contribution in [2.45, 2.75) is 0 Å².